The predicted octanol–water partition coefficient (Wildman–Crippen LogP) is 0.859. The average Bonchev–Trinajstić information content (AvgIpc) is 2.70. The van der Waals surface area contributed by atoms with Gasteiger partial charge in [-0.3, -0.25) is 9.59 Å². The number of likely N-dealkylation sites (N-methyl/N-ethyl adjacent to an activating group) is 2. The Balaban J connectivity index is 2.17. The minimum atomic E-state index is -1.86. The monoisotopic (exact) mass is 366 g/mol. The molecule has 6 heteroatoms. The zero-order valence-corrected chi connectivity index (χ0v) is 15.5. The lowest BCUT2D eigenvalue weighted by Gasteiger charge is -2.24. The molecule has 0 heterocycles. The van der Waals surface area contributed by atoms with Gasteiger partial charge in [0, 0.05) is 38.0 Å². The number of carbonyl (C=O) groups is 2. The van der Waals surface area contributed by atoms with Crippen molar-refractivity contribution in [3.63, 3.8) is 0 Å². The van der Waals surface area contributed by atoms with Gasteiger partial charge in [0.25, 0.3) is 11.8 Å². The number of benzene rings is 2. The second-order valence-electron chi connectivity index (χ2n) is 6.19. The number of aliphatic hydroxyl groups excluding tert-OH is 2. The molecule has 0 spiro atoms. The molecule has 2 atom stereocenters. The highest BCUT2D eigenvalue weighted by molar-refractivity contribution is 5.99. The summed E-state index contributed by atoms with van der Waals surface area (Å²) in [6.45, 7) is 0. The van der Waals surface area contributed by atoms with Gasteiger partial charge < -0.3 is 20.0 Å². The SMILES string of the molecule is CN(C)C(=O)C(O)C(O)C(=O)N(C)c1cccc(C#Cc2ccccc2)c1. The molecule has 6 nitrogen and oxygen atoms in total. The molecule has 0 bridgehead atoms. The van der Waals surface area contributed by atoms with Crippen LogP contribution in [0.3, 0.4) is 0 Å². The molecule has 0 radical (unpaired) electrons. The molecule has 0 saturated heterocycles. The Morgan fingerprint density at radius 3 is 2.00 bits per heavy atom. The molecule has 2 N–H and O–H groups in total. The van der Waals surface area contributed by atoms with Gasteiger partial charge in [-0.2, -0.15) is 0 Å². The number of aliphatic hydroxyl groups is 2. The number of hydrogen-bond acceptors (Lipinski definition) is 4. The van der Waals surface area contributed by atoms with Crippen molar-refractivity contribution in [2.75, 3.05) is 26.0 Å². The summed E-state index contributed by atoms with van der Waals surface area (Å²) in [6.07, 6.45) is -3.68. The third kappa shape index (κ3) is 5.17. The summed E-state index contributed by atoms with van der Waals surface area (Å²) in [4.78, 5) is 26.5. The van der Waals surface area contributed by atoms with Crippen molar-refractivity contribution in [3.8, 4) is 11.8 Å². The zero-order chi connectivity index (χ0) is 20.0. The van der Waals surface area contributed by atoms with Gasteiger partial charge in [-0.25, -0.2) is 0 Å². The Kier molecular flexibility index (Phi) is 6.72. The van der Waals surface area contributed by atoms with Gasteiger partial charge in [0.05, 0.1) is 0 Å². The van der Waals surface area contributed by atoms with Gasteiger partial charge in [-0.15, -0.1) is 0 Å². The van der Waals surface area contributed by atoms with E-state index in [0.29, 0.717) is 11.3 Å². The minimum Gasteiger partial charge on any atom is -0.380 e. The second-order valence-corrected chi connectivity index (χ2v) is 6.19. The molecule has 2 unspecified atom stereocenters. The molecule has 0 aromatic heterocycles. The van der Waals surface area contributed by atoms with E-state index in [1.165, 1.54) is 26.0 Å². The number of amides is 2. The van der Waals surface area contributed by atoms with Gasteiger partial charge in [0.1, 0.15) is 0 Å². The Hall–Kier alpha value is -3.14. The summed E-state index contributed by atoms with van der Waals surface area (Å²) >= 11 is 0. The first-order valence-electron chi connectivity index (χ1n) is 8.33. The van der Waals surface area contributed by atoms with Crippen molar-refractivity contribution in [1.82, 2.24) is 4.90 Å². The zero-order valence-electron chi connectivity index (χ0n) is 15.5. The maximum atomic E-state index is 12.4. The number of anilines is 1. The van der Waals surface area contributed by atoms with E-state index < -0.39 is 24.0 Å². The van der Waals surface area contributed by atoms with Gasteiger partial charge in [-0.1, -0.05) is 36.1 Å². The third-order valence-electron chi connectivity index (χ3n) is 3.93. The third-order valence-corrected chi connectivity index (χ3v) is 3.93. The van der Waals surface area contributed by atoms with E-state index in [2.05, 4.69) is 11.8 Å². The Labute approximate surface area is 158 Å². The van der Waals surface area contributed by atoms with E-state index in [1.54, 1.807) is 24.3 Å². The average molecular weight is 366 g/mol. The normalized spacial score (nSPS) is 12.3. The van der Waals surface area contributed by atoms with Crippen molar-refractivity contribution in [2.24, 2.45) is 0 Å². The van der Waals surface area contributed by atoms with Crippen LogP contribution < -0.4 is 4.90 Å². The molecule has 140 valence electrons. The summed E-state index contributed by atoms with van der Waals surface area (Å²) < 4.78 is 0. The summed E-state index contributed by atoms with van der Waals surface area (Å²) in [5.41, 5.74) is 2.05. The van der Waals surface area contributed by atoms with E-state index >= 15 is 0 Å². The highest BCUT2D eigenvalue weighted by Crippen LogP contribution is 2.16. The quantitative estimate of drug-likeness (QED) is 0.787. The maximum Gasteiger partial charge on any atom is 0.258 e. The van der Waals surface area contributed by atoms with Gasteiger partial charge in [0.15, 0.2) is 12.2 Å². The van der Waals surface area contributed by atoms with E-state index in [1.807, 2.05) is 30.3 Å². The topological polar surface area (TPSA) is 81.1 Å². The van der Waals surface area contributed by atoms with Crippen molar-refractivity contribution >= 4 is 17.5 Å². The first-order valence-corrected chi connectivity index (χ1v) is 8.33. The lowest BCUT2D eigenvalue weighted by Crippen LogP contribution is -2.49. The highest BCUT2D eigenvalue weighted by Gasteiger charge is 2.33. The van der Waals surface area contributed by atoms with Crippen molar-refractivity contribution in [2.45, 2.75) is 12.2 Å². The number of hydrogen-bond donors (Lipinski definition) is 2. The lowest BCUT2D eigenvalue weighted by atomic mass is 10.1. The Morgan fingerprint density at radius 1 is 0.815 bits per heavy atom. The van der Waals surface area contributed by atoms with Crippen LogP contribution in [0.2, 0.25) is 0 Å². The molecule has 0 fully saturated rings. The van der Waals surface area contributed by atoms with Crippen LogP contribution in [0.1, 0.15) is 11.1 Å². The van der Waals surface area contributed by atoms with Gasteiger partial charge in [0.2, 0.25) is 0 Å². The van der Waals surface area contributed by atoms with Crippen LogP contribution in [-0.4, -0.2) is 60.3 Å². The molecule has 27 heavy (non-hydrogen) atoms. The fraction of sp³-hybridized carbons (Fsp3) is 0.238. The van der Waals surface area contributed by atoms with Crippen molar-refractivity contribution in [3.05, 3.63) is 65.7 Å². The standard InChI is InChI=1S/C21H22N2O4/c1-22(2)20(26)18(24)19(25)21(27)23(3)17-11-7-10-16(14-17)13-12-15-8-5-4-6-9-15/h4-11,14,18-19,24-25H,1-3H3. The van der Waals surface area contributed by atoms with Crippen molar-refractivity contribution < 1.29 is 19.8 Å². The molecular formula is C21H22N2O4. The summed E-state index contributed by atoms with van der Waals surface area (Å²) in [5.74, 6) is 4.52. The predicted molar refractivity (Wildman–Crippen MR) is 103 cm³/mol. The fourth-order valence-electron chi connectivity index (χ4n) is 2.32. The molecule has 0 aliphatic heterocycles. The van der Waals surface area contributed by atoms with Crippen LogP contribution in [0.4, 0.5) is 5.69 Å². The molecular weight excluding hydrogens is 344 g/mol. The Bertz CT molecular complexity index is 868. The minimum absolute atomic E-state index is 0.489. The van der Waals surface area contributed by atoms with E-state index in [9.17, 15) is 19.8 Å². The summed E-state index contributed by atoms with van der Waals surface area (Å²) in [7, 11) is 4.32. The van der Waals surface area contributed by atoms with Gasteiger partial charge in [-0.05, 0) is 30.3 Å². The largest absolute Gasteiger partial charge is 0.380 e. The van der Waals surface area contributed by atoms with Crippen LogP contribution in [0.15, 0.2) is 54.6 Å². The number of rotatable bonds is 4. The van der Waals surface area contributed by atoms with Crippen LogP contribution in [0, 0.1) is 11.8 Å². The molecule has 0 aliphatic carbocycles. The van der Waals surface area contributed by atoms with Crippen LogP contribution >= 0.6 is 0 Å². The van der Waals surface area contributed by atoms with Crippen LogP contribution in [-0.2, 0) is 9.59 Å². The number of nitrogens with zero attached hydrogens (tertiary/aromatic N) is 2. The molecule has 0 aliphatic rings. The number of carbonyl (C=O) groups excluding carboxylic acids is 2. The molecule has 2 amide bonds. The van der Waals surface area contributed by atoms with Crippen molar-refractivity contribution in [1.29, 1.82) is 0 Å². The fourth-order valence-corrected chi connectivity index (χ4v) is 2.32. The van der Waals surface area contributed by atoms with E-state index in [4.69, 9.17) is 0 Å². The first kappa shape index (κ1) is 20.2. The maximum absolute atomic E-state index is 12.4. The summed E-state index contributed by atoms with van der Waals surface area (Å²) in [5, 5.41) is 19.9. The lowest BCUT2D eigenvalue weighted by molar-refractivity contribution is -0.149. The van der Waals surface area contributed by atoms with Crippen LogP contribution in [0.5, 0.6) is 0 Å². The molecule has 0 saturated carbocycles. The molecule has 2 rings (SSSR count). The van der Waals surface area contributed by atoms with Gasteiger partial charge >= 0.3 is 0 Å². The first-order chi connectivity index (χ1) is 12.8. The smallest absolute Gasteiger partial charge is 0.258 e. The molecule has 2 aromatic carbocycles. The summed E-state index contributed by atoms with van der Waals surface area (Å²) in [6, 6.07) is 16.4. The van der Waals surface area contributed by atoms with E-state index in [-0.39, 0.29) is 0 Å². The highest BCUT2D eigenvalue weighted by atomic mass is 16.3. The van der Waals surface area contributed by atoms with Crippen LogP contribution in [0.25, 0.3) is 0 Å². The van der Waals surface area contributed by atoms with E-state index in [0.717, 1.165) is 10.5 Å². The second kappa shape index (κ2) is 8.99. The Morgan fingerprint density at radius 2 is 1.37 bits per heavy atom. The molecule has 2 aromatic rings.